The predicted molar refractivity (Wildman–Crippen MR) is 75.5 cm³/mol. The molecular weight excluding hydrogens is 254 g/mol. The highest BCUT2D eigenvalue weighted by Crippen LogP contribution is 2.27. The summed E-state index contributed by atoms with van der Waals surface area (Å²) in [6, 6.07) is 12.9. The molecule has 3 aromatic rings. The first-order chi connectivity index (χ1) is 9.69. The summed E-state index contributed by atoms with van der Waals surface area (Å²) >= 11 is 0. The van der Waals surface area contributed by atoms with Gasteiger partial charge < -0.3 is 9.15 Å². The maximum Gasteiger partial charge on any atom is 0.338 e. The number of methoxy groups -OCH3 is 1. The van der Waals surface area contributed by atoms with E-state index in [0.29, 0.717) is 22.6 Å². The molecule has 0 bridgehead atoms. The molecule has 0 saturated carbocycles. The van der Waals surface area contributed by atoms with Crippen LogP contribution in [0.15, 0.2) is 46.9 Å². The number of esters is 1. The van der Waals surface area contributed by atoms with Gasteiger partial charge in [-0.05, 0) is 36.8 Å². The van der Waals surface area contributed by atoms with Gasteiger partial charge in [0.15, 0.2) is 5.58 Å². The summed E-state index contributed by atoms with van der Waals surface area (Å²) < 4.78 is 10.5. The van der Waals surface area contributed by atoms with Gasteiger partial charge in [-0.25, -0.2) is 9.78 Å². The molecule has 20 heavy (non-hydrogen) atoms. The van der Waals surface area contributed by atoms with Crippen LogP contribution in [0.25, 0.3) is 22.6 Å². The van der Waals surface area contributed by atoms with E-state index < -0.39 is 5.97 Å². The summed E-state index contributed by atoms with van der Waals surface area (Å²) in [6.07, 6.45) is 0. The molecule has 0 amide bonds. The van der Waals surface area contributed by atoms with Crippen molar-refractivity contribution in [3.63, 3.8) is 0 Å². The SMILES string of the molecule is COC(=O)c1ccccc1-c1nc2ccc(C)cc2o1. The number of aryl methyl sites for hydroxylation is 1. The Balaban J connectivity index is 2.18. The van der Waals surface area contributed by atoms with Crippen LogP contribution in [0.2, 0.25) is 0 Å². The second-order valence-corrected chi connectivity index (χ2v) is 4.53. The normalized spacial score (nSPS) is 10.7. The lowest BCUT2D eigenvalue weighted by atomic mass is 10.1. The van der Waals surface area contributed by atoms with Gasteiger partial charge in [-0.2, -0.15) is 0 Å². The lowest BCUT2D eigenvalue weighted by Crippen LogP contribution is -2.03. The average molecular weight is 267 g/mol. The number of oxazole rings is 1. The van der Waals surface area contributed by atoms with Gasteiger partial charge in [0.1, 0.15) is 5.52 Å². The third-order valence-electron chi connectivity index (χ3n) is 3.11. The van der Waals surface area contributed by atoms with Crippen LogP contribution in [0, 0.1) is 6.92 Å². The molecule has 0 fully saturated rings. The minimum Gasteiger partial charge on any atom is -0.465 e. The summed E-state index contributed by atoms with van der Waals surface area (Å²) in [5, 5.41) is 0. The first kappa shape index (κ1) is 12.4. The van der Waals surface area contributed by atoms with Crippen LogP contribution in [0.5, 0.6) is 0 Å². The molecule has 1 aromatic heterocycles. The Hall–Kier alpha value is -2.62. The second kappa shape index (κ2) is 4.81. The van der Waals surface area contributed by atoms with Gasteiger partial charge in [0, 0.05) is 0 Å². The zero-order chi connectivity index (χ0) is 14.1. The van der Waals surface area contributed by atoms with Crippen LogP contribution in [-0.2, 0) is 4.74 Å². The maximum atomic E-state index is 11.8. The minimum atomic E-state index is -0.404. The molecule has 0 radical (unpaired) electrons. The van der Waals surface area contributed by atoms with E-state index in [1.165, 1.54) is 7.11 Å². The maximum absolute atomic E-state index is 11.8. The number of carbonyl (C=O) groups excluding carboxylic acids is 1. The van der Waals surface area contributed by atoms with Crippen LogP contribution < -0.4 is 0 Å². The average Bonchev–Trinajstić information content (AvgIpc) is 2.89. The molecule has 0 spiro atoms. The van der Waals surface area contributed by atoms with E-state index >= 15 is 0 Å². The van der Waals surface area contributed by atoms with Crippen molar-refractivity contribution in [3.05, 3.63) is 53.6 Å². The van der Waals surface area contributed by atoms with Gasteiger partial charge in [0.25, 0.3) is 0 Å². The van der Waals surface area contributed by atoms with E-state index in [0.717, 1.165) is 11.1 Å². The number of rotatable bonds is 2. The molecule has 0 unspecified atom stereocenters. The molecule has 3 rings (SSSR count). The van der Waals surface area contributed by atoms with Gasteiger partial charge >= 0.3 is 5.97 Å². The minimum absolute atomic E-state index is 0.404. The molecule has 0 aliphatic carbocycles. The van der Waals surface area contributed by atoms with Crippen molar-refractivity contribution < 1.29 is 13.9 Å². The number of hydrogen-bond donors (Lipinski definition) is 0. The van der Waals surface area contributed by atoms with Crippen LogP contribution in [0.1, 0.15) is 15.9 Å². The Kier molecular flexibility index (Phi) is 2.99. The lowest BCUT2D eigenvalue weighted by molar-refractivity contribution is 0.0601. The van der Waals surface area contributed by atoms with Crippen molar-refractivity contribution in [2.24, 2.45) is 0 Å². The van der Waals surface area contributed by atoms with Crippen molar-refractivity contribution in [2.75, 3.05) is 7.11 Å². The van der Waals surface area contributed by atoms with Crippen molar-refractivity contribution >= 4 is 17.1 Å². The van der Waals surface area contributed by atoms with Gasteiger partial charge in [-0.1, -0.05) is 18.2 Å². The number of fused-ring (bicyclic) bond motifs is 1. The summed E-state index contributed by atoms with van der Waals surface area (Å²) in [6.45, 7) is 1.99. The largest absolute Gasteiger partial charge is 0.465 e. The predicted octanol–water partition coefficient (Wildman–Crippen LogP) is 3.59. The summed E-state index contributed by atoms with van der Waals surface area (Å²) in [7, 11) is 1.36. The molecule has 0 saturated heterocycles. The number of hydrogen-bond acceptors (Lipinski definition) is 4. The fourth-order valence-electron chi connectivity index (χ4n) is 2.10. The number of aromatic nitrogens is 1. The zero-order valence-electron chi connectivity index (χ0n) is 11.2. The fraction of sp³-hybridized carbons (Fsp3) is 0.125. The number of carbonyl (C=O) groups is 1. The molecule has 0 aliphatic rings. The Morgan fingerprint density at radius 3 is 2.80 bits per heavy atom. The third-order valence-corrected chi connectivity index (χ3v) is 3.11. The molecule has 100 valence electrons. The van der Waals surface area contributed by atoms with E-state index in [9.17, 15) is 4.79 Å². The van der Waals surface area contributed by atoms with Gasteiger partial charge in [0.05, 0.1) is 18.2 Å². The smallest absolute Gasteiger partial charge is 0.338 e. The topological polar surface area (TPSA) is 52.3 Å². The lowest BCUT2D eigenvalue weighted by Gasteiger charge is -2.03. The molecule has 1 heterocycles. The molecule has 2 aromatic carbocycles. The Bertz CT molecular complexity index is 789. The summed E-state index contributed by atoms with van der Waals surface area (Å²) in [5.74, 6) is 0.0191. The highest BCUT2D eigenvalue weighted by molar-refractivity contribution is 5.96. The standard InChI is InChI=1S/C16H13NO3/c1-10-7-8-13-14(9-10)20-15(17-13)11-5-3-4-6-12(11)16(18)19-2/h3-9H,1-2H3. The van der Waals surface area contributed by atoms with Crippen LogP contribution in [-0.4, -0.2) is 18.1 Å². The molecule has 0 atom stereocenters. The van der Waals surface area contributed by atoms with Gasteiger partial charge in [0.2, 0.25) is 5.89 Å². The van der Waals surface area contributed by atoms with Crippen molar-refractivity contribution in [1.29, 1.82) is 0 Å². The number of benzene rings is 2. The first-order valence-electron chi connectivity index (χ1n) is 6.24. The monoisotopic (exact) mass is 267 g/mol. The Morgan fingerprint density at radius 2 is 2.00 bits per heavy atom. The van der Waals surface area contributed by atoms with Crippen LogP contribution in [0.3, 0.4) is 0 Å². The summed E-state index contributed by atoms with van der Waals surface area (Å²) in [4.78, 5) is 16.2. The molecule has 4 heteroatoms. The van der Waals surface area contributed by atoms with Crippen LogP contribution >= 0.6 is 0 Å². The van der Waals surface area contributed by atoms with Crippen molar-refractivity contribution in [1.82, 2.24) is 4.98 Å². The van der Waals surface area contributed by atoms with E-state index in [-0.39, 0.29) is 0 Å². The van der Waals surface area contributed by atoms with Crippen molar-refractivity contribution in [3.8, 4) is 11.5 Å². The van der Waals surface area contributed by atoms with Gasteiger partial charge in [-0.15, -0.1) is 0 Å². The second-order valence-electron chi connectivity index (χ2n) is 4.53. The van der Waals surface area contributed by atoms with Crippen LogP contribution in [0.4, 0.5) is 0 Å². The summed E-state index contributed by atoms with van der Waals surface area (Å²) in [5.41, 5.74) is 3.65. The van der Waals surface area contributed by atoms with E-state index in [1.54, 1.807) is 18.2 Å². The zero-order valence-corrected chi connectivity index (χ0v) is 11.2. The van der Waals surface area contributed by atoms with E-state index in [1.807, 2.05) is 31.2 Å². The molecule has 0 aliphatic heterocycles. The third kappa shape index (κ3) is 2.05. The highest BCUT2D eigenvalue weighted by Gasteiger charge is 2.17. The van der Waals surface area contributed by atoms with Crippen molar-refractivity contribution in [2.45, 2.75) is 6.92 Å². The highest BCUT2D eigenvalue weighted by atomic mass is 16.5. The Morgan fingerprint density at radius 1 is 1.20 bits per heavy atom. The number of nitrogens with zero attached hydrogens (tertiary/aromatic N) is 1. The van der Waals surface area contributed by atoms with Gasteiger partial charge in [-0.3, -0.25) is 0 Å². The fourth-order valence-corrected chi connectivity index (χ4v) is 2.10. The quantitative estimate of drug-likeness (QED) is 0.666. The molecule has 0 N–H and O–H groups in total. The number of ether oxygens (including phenoxy) is 1. The molecule has 4 nitrogen and oxygen atoms in total. The first-order valence-corrected chi connectivity index (χ1v) is 6.24. The van der Waals surface area contributed by atoms with E-state index in [4.69, 9.17) is 9.15 Å². The van der Waals surface area contributed by atoms with E-state index in [2.05, 4.69) is 4.98 Å². The Labute approximate surface area is 116 Å². The molecular formula is C16H13NO3.